The summed E-state index contributed by atoms with van der Waals surface area (Å²) in [5.41, 5.74) is 2.11. The number of rotatable bonds is 5. The van der Waals surface area contributed by atoms with E-state index in [2.05, 4.69) is 21.8 Å². The highest BCUT2D eigenvalue weighted by Gasteiger charge is 2.02. The molecular formula is C13H15Cl2N3. The minimum Gasteiger partial charge on any atom is -0.379 e. The Labute approximate surface area is 117 Å². The van der Waals surface area contributed by atoms with Crippen LogP contribution in [0.15, 0.2) is 30.7 Å². The quantitative estimate of drug-likeness (QED) is 0.891. The number of hydrogen-bond acceptors (Lipinski definition) is 2. The highest BCUT2D eigenvalue weighted by atomic mass is 35.5. The number of nitrogens with one attached hydrogen (secondary N) is 1. The van der Waals surface area contributed by atoms with Crippen LogP contribution in [0.2, 0.25) is 10.0 Å². The van der Waals surface area contributed by atoms with Gasteiger partial charge in [0.05, 0.1) is 28.6 Å². The molecule has 0 atom stereocenters. The molecule has 96 valence electrons. The van der Waals surface area contributed by atoms with Crippen molar-refractivity contribution in [1.82, 2.24) is 9.55 Å². The number of aromatic nitrogens is 2. The number of aryl methyl sites for hydroxylation is 1. The zero-order valence-corrected chi connectivity index (χ0v) is 11.7. The van der Waals surface area contributed by atoms with Crippen LogP contribution in [-0.2, 0) is 13.1 Å². The molecule has 0 radical (unpaired) electrons. The van der Waals surface area contributed by atoms with Crippen molar-refractivity contribution in [3.05, 3.63) is 46.5 Å². The third-order valence-electron chi connectivity index (χ3n) is 2.66. The van der Waals surface area contributed by atoms with Gasteiger partial charge >= 0.3 is 0 Å². The van der Waals surface area contributed by atoms with Crippen LogP contribution in [0.1, 0.15) is 19.0 Å². The minimum atomic E-state index is 0.559. The first kappa shape index (κ1) is 13.2. The van der Waals surface area contributed by atoms with E-state index < -0.39 is 0 Å². The van der Waals surface area contributed by atoms with Crippen LogP contribution in [0.5, 0.6) is 0 Å². The van der Waals surface area contributed by atoms with Gasteiger partial charge in [0.25, 0.3) is 0 Å². The number of nitrogens with zero attached hydrogens (tertiary/aromatic N) is 2. The normalized spacial score (nSPS) is 10.6. The Bertz CT molecular complexity index is 523. The number of benzene rings is 1. The number of hydrogen-bond donors (Lipinski definition) is 1. The van der Waals surface area contributed by atoms with Gasteiger partial charge < -0.3 is 9.88 Å². The van der Waals surface area contributed by atoms with E-state index in [4.69, 9.17) is 23.2 Å². The molecule has 0 unspecified atom stereocenters. The highest BCUT2D eigenvalue weighted by Crippen LogP contribution is 2.25. The molecule has 18 heavy (non-hydrogen) atoms. The van der Waals surface area contributed by atoms with Gasteiger partial charge in [-0.3, -0.25) is 0 Å². The van der Waals surface area contributed by atoms with Crippen molar-refractivity contribution in [3.63, 3.8) is 0 Å². The van der Waals surface area contributed by atoms with Crippen molar-refractivity contribution in [2.75, 3.05) is 5.32 Å². The van der Waals surface area contributed by atoms with Crippen LogP contribution in [0.25, 0.3) is 0 Å². The smallest absolute Gasteiger partial charge is 0.0948 e. The summed E-state index contributed by atoms with van der Waals surface area (Å²) in [6.07, 6.45) is 4.83. The van der Waals surface area contributed by atoms with E-state index in [-0.39, 0.29) is 0 Å². The molecule has 5 heteroatoms. The summed E-state index contributed by atoms with van der Waals surface area (Å²) in [4.78, 5) is 4.16. The molecule has 0 amide bonds. The van der Waals surface area contributed by atoms with E-state index in [1.165, 1.54) is 0 Å². The lowest BCUT2D eigenvalue weighted by Crippen LogP contribution is -2.06. The Morgan fingerprint density at radius 3 is 2.83 bits per heavy atom. The molecule has 1 aromatic carbocycles. The Morgan fingerprint density at radius 1 is 1.28 bits per heavy atom. The predicted octanol–water partition coefficient (Wildman–Crippen LogP) is 4.21. The zero-order chi connectivity index (χ0) is 13.0. The van der Waals surface area contributed by atoms with Crippen LogP contribution in [0.3, 0.4) is 0 Å². The average molecular weight is 284 g/mol. The third kappa shape index (κ3) is 3.18. The van der Waals surface area contributed by atoms with E-state index in [1.807, 2.05) is 24.7 Å². The lowest BCUT2D eigenvalue weighted by molar-refractivity contribution is 0.651. The van der Waals surface area contributed by atoms with Gasteiger partial charge in [-0.2, -0.15) is 0 Å². The summed E-state index contributed by atoms with van der Waals surface area (Å²) in [5, 5.41) is 4.44. The molecule has 0 saturated heterocycles. The van der Waals surface area contributed by atoms with Gasteiger partial charge in [-0.15, -0.1) is 0 Å². The van der Waals surface area contributed by atoms with Crippen LogP contribution < -0.4 is 5.32 Å². The molecule has 0 aliphatic rings. The van der Waals surface area contributed by atoms with Gasteiger partial charge in [0.15, 0.2) is 0 Å². The number of imidazole rings is 1. The summed E-state index contributed by atoms with van der Waals surface area (Å²) in [7, 11) is 0. The second kappa shape index (κ2) is 6.12. The van der Waals surface area contributed by atoms with Gasteiger partial charge in [-0.05, 0) is 24.6 Å². The summed E-state index contributed by atoms with van der Waals surface area (Å²) < 4.78 is 2.14. The lowest BCUT2D eigenvalue weighted by Gasteiger charge is -2.09. The van der Waals surface area contributed by atoms with Crippen LogP contribution in [-0.4, -0.2) is 9.55 Å². The van der Waals surface area contributed by atoms with Gasteiger partial charge in [-0.25, -0.2) is 4.98 Å². The highest BCUT2D eigenvalue weighted by molar-refractivity contribution is 6.42. The SMILES string of the molecule is CCCn1cncc1CNc1ccc(Cl)c(Cl)c1. The van der Waals surface area contributed by atoms with Crippen molar-refractivity contribution in [1.29, 1.82) is 0 Å². The average Bonchev–Trinajstić information content (AvgIpc) is 2.79. The zero-order valence-electron chi connectivity index (χ0n) is 10.2. The second-order valence-electron chi connectivity index (χ2n) is 4.06. The Balaban J connectivity index is 2.02. The van der Waals surface area contributed by atoms with Gasteiger partial charge in [0.2, 0.25) is 0 Å². The fourth-order valence-corrected chi connectivity index (χ4v) is 2.03. The molecule has 3 nitrogen and oxygen atoms in total. The first-order valence-electron chi connectivity index (χ1n) is 5.88. The number of halogens is 2. The van der Waals surface area contributed by atoms with Gasteiger partial charge in [0.1, 0.15) is 0 Å². The molecule has 2 rings (SSSR count). The molecule has 1 heterocycles. The lowest BCUT2D eigenvalue weighted by atomic mass is 10.3. The van der Waals surface area contributed by atoms with E-state index in [0.29, 0.717) is 10.0 Å². The van der Waals surface area contributed by atoms with E-state index in [1.54, 1.807) is 6.07 Å². The van der Waals surface area contributed by atoms with Crippen molar-refractivity contribution >= 4 is 28.9 Å². The standard InChI is InChI=1S/C13H15Cl2N3/c1-2-5-18-9-16-7-11(18)8-17-10-3-4-12(14)13(15)6-10/h3-4,6-7,9,17H,2,5,8H2,1H3. The summed E-state index contributed by atoms with van der Waals surface area (Å²) in [6.45, 7) is 3.85. The minimum absolute atomic E-state index is 0.559. The molecule has 1 aromatic heterocycles. The molecule has 0 saturated carbocycles. The number of anilines is 1. The van der Waals surface area contributed by atoms with Crippen LogP contribution in [0, 0.1) is 0 Å². The van der Waals surface area contributed by atoms with Crippen molar-refractivity contribution in [2.45, 2.75) is 26.4 Å². The third-order valence-corrected chi connectivity index (χ3v) is 3.40. The molecule has 2 aromatic rings. The predicted molar refractivity (Wildman–Crippen MR) is 76.3 cm³/mol. The molecular weight excluding hydrogens is 269 g/mol. The van der Waals surface area contributed by atoms with E-state index in [9.17, 15) is 0 Å². The van der Waals surface area contributed by atoms with E-state index in [0.717, 1.165) is 30.9 Å². The monoisotopic (exact) mass is 283 g/mol. The maximum Gasteiger partial charge on any atom is 0.0948 e. The van der Waals surface area contributed by atoms with Crippen LogP contribution >= 0.6 is 23.2 Å². The fourth-order valence-electron chi connectivity index (χ4n) is 1.74. The Morgan fingerprint density at radius 2 is 2.11 bits per heavy atom. The second-order valence-corrected chi connectivity index (χ2v) is 4.88. The maximum atomic E-state index is 5.97. The Kier molecular flexibility index (Phi) is 4.50. The molecule has 0 fully saturated rings. The summed E-state index contributed by atoms with van der Waals surface area (Å²) in [5.74, 6) is 0. The summed E-state index contributed by atoms with van der Waals surface area (Å²) in [6, 6.07) is 5.52. The van der Waals surface area contributed by atoms with Crippen LogP contribution in [0.4, 0.5) is 5.69 Å². The van der Waals surface area contributed by atoms with E-state index >= 15 is 0 Å². The largest absolute Gasteiger partial charge is 0.379 e. The first-order chi connectivity index (χ1) is 8.70. The molecule has 0 aliphatic carbocycles. The molecule has 0 aliphatic heterocycles. The fraction of sp³-hybridized carbons (Fsp3) is 0.308. The Hall–Kier alpha value is -1.19. The van der Waals surface area contributed by atoms with Gasteiger partial charge in [-0.1, -0.05) is 30.1 Å². The van der Waals surface area contributed by atoms with Crippen molar-refractivity contribution < 1.29 is 0 Å². The summed E-state index contributed by atoms with van der Waals surface area (Å²) >= 11 is 11.8. The molecule has 1 N–H and O–H groups in total. The first-order valence-corrected chi connectivity index (χ1v) is 6.64. The van der Waals surface area contributed by atoms with Crippen molar-refractivity contribution in [2.24, 2.45) is 0 Å². The molecule has 0 bridgehead atoms. The molecule has 0 spiro atoms. The van der Waals surface area contributed by atoms with Gasteiger partial charge in [0, 0.05) is 18.4 Å². The topological polar surface area (TPSA) is 29.9 Å². The maximum absolute atomic E-state index is 5.97. The van der Waals surface area contributed by atoms with Crippen molar-refractivity contribution in [3.8, 4) is 0 Å².